The molecule has 2 aromatic rings. The average Bonchev–Trinajstić information content (AvgIpc) is 3.01. The molecule has 2 aromatic heterocycles. The number of nitrogens with two attached hydrogens (primary N) is 2. The van der Waals surface area contributed by atoms with E-state index >= 15 is 0 Å². The molecule has 1 aliphatic carbocycles. The summed E-state index contributed by atoms with van der Waals surface area (Å²) in [5.41, 5.74) is 13.8. The fourth-order valence-corrected chi connectivity index (χ4v) is 2.60. The maximum absolute atomic E-state index is 8.95. The molecular weight excluding hydrogens is 346 g/mol. The minimum Gasteiger partial charge on any atom is -0.489 e. The van der Waals surface area contributed by atoms with Crippen molar-refractivity contribution in [1.29, 1.82) is 5.41 Å². The maximum atomic E-state index is 8.95. The van der Waals surface area contributed by atoms with Crippen molar-refractivity contribution in [2.75, 3.05) is 31.6 Å². The molecule has 7 N–H and O–H groups in total. The first-order valence-electron chi connectivity index (χ1n) is 8.66. The Bertz CT molecular complexity index is 927. The van der Waals surface area contributed by atoms with Crippen LogP contribution in [0, 0.1) is 5.41 Å². The molecule has 0 aliphatic heterocycles. The van der Waals surface area contributed by atoms with Crippen molar-refractivity contribution in [3.63, 3.8) is 0 Å². The number of pyridine rings is 1. The van der Waals surface area contributed by atoms with Gasteiger partial charge in [0.1, 0.15) is 18.1 Å². The number of anilines is 1. The van der Waals surface area contributed by atoms with Gasteiger partial charge in [-0.05, 0) is 31.2 Å². The Morgan fingerprint density at radius 1 is 1.33 bits per heavy atom. The number of fused-ring (bicyclic) bond motifs is 1. The van der Waals surface area contributed by atoms with E-state index in [1.807, 2.05) is 24.4 Å². The van der Waals surface area contributed by atoms with Crippen molar-refractivity contribution >= 4 is 28.4 Å². The van der Waals surface area contributed by atoms with E-state index in [-0.39, 0.29) is 18.9 Å². The van der Waals surface area contributed by atoms with Crippen LogP contribution in [0.25, 0.3) is 5.52 Å². The number of aliphatic hydroxyl groups excluding tert-OH is 1. The molecule has 9 nitrogen and oxygen atoms in total. The average molecular weight is 369 g/mol. The van der Waals surface area contributed by atoms with E-state index in [1.54, 1.807) is 10.6 Å². The number of nitrogens with one attached hydrogen (secondary N) is 2. The van der Waals surface area contributed by atoms with Crippen LogP contribution in [-0.4, -0.2) is 52.4 Å². The molecule has 142 valence electrons. The predicted octanol–water partition coefficient (Wildman–Crippen LogP) is 0.936. The molecule has 0 spiro atoms. The molecule has 0 radical (unpaired) electrons. The molecule has 0 amide bonds. The van der Waals surface area contributed by atoms with Gasteiger partial charge in [-0.2, -0.15) is 0 Å². The molecule has 0 saturated heterocycles. The standard InChI is InChI=1S/C18H23N7O2/c19-5-3-6-22-18-17(15-4-1-2-7-25(15)24-18)23-14-11-16(27-9-8-26)13(21)10-12(14)20/h1-2,4,7,10-11,20,26H,3,5-6,8-9,19,21H2,(H,22,24). The second-order valence-electron chi connectivity index (χ2n) is 5.89. The fourth-order valence-electron chi connectivity index (χ4n) is 2.60. The van der Waals surface area contributed by atoms with Crippen LogP contribution in [0.5, 0.6) is 0 Å². The SMILES string of the molecule is N=C1C=C(N)C(OCCO)=CC1=Nc1c(NCCCN)nn2ccccc12. The highest BCUT2D eigenvalue weighted by Gasteiger charge is 2.18. The van der Waals surface area contributed by atoms with Crippen molar-refractivity contribution in [2.24, 2.45) is 16.5 Å². The van der Waals surface area contributed by atoms with Gasteiger partial charge in [0.25, 0.3) is 0 Å². The molecule has 0 atom stereocenters. The van der Waals surface area contributed by atoms with Crippen molar-refractivity contribution in [1.82, 2.24) is 9.61 Å². The number of allylic oxidation sites excluding steroid dienone is 2. The van der Waals surface area contributed by atoms with E-state index in [9.17, 15) is 0 Å². The van der Waals surface area contributed by atoms with Gasteiger partial charge in [-0.15, -0.1) is 5.10 Å². The first-order valence-corrected chi connectivity index (χ1v) is 8.66. The second-order valence-corrected chi connectivity index (χ2v) is 5.89. The number of aliphatic imine (C=N–C) groups is 1. The van der Waals surface area contributed by atoms with Crippen molar-refractivity contribution < 1.29 is 9.84 Å². The minimum atomic E-state index is -0.127. The molecule has 27 heavy (non-hydrogen) atoms. The predicted molar refractivity (Wildman–Crippen MR) is 106 cm³/mol. The molecule has 2 heterocycles. The lowest BCUT2D eigenvalue weighted by Crippen LogP contribution is -2.20. The summed E-state index contributed by atoms with van der Waals surface area (Å²) >= 11 is 0. The largest absolute Gasteiger partial charge is 0.489 e. The van der Waals surface area contributed by atoms with Gasteiger partial charge in [0.2, 0.25) is 0 Å². The summed E-state index contributed by atoms with van der Waals surface area (Å²) in [4.78, 5) is 4.65. The fraction of sp³-hybridized carbons (Fsp3) is 0.278. The van der Waals surface area contributed by atoms with Gasteiger partial charge in [-0.3, -0.25) is 5.41 Å². The Morgan fingerprint density at radius 2 is 2.19 bits per heavy atom. The van der Waals surface area contributed by atoms with Crippen LogP contribution in [0.4, 0.5) is 11.5 Å². The second kappa shape index (κ2) is 8.47. The smallest absolute Gasteiger partial charge is 0.175 e. The molecule has 3 rings (SSSR count). The Balaban J connectivity index is 2.01. The van der Waals surface area contributed by atoms with Crippen LogP contribution in [0.3, 0.4) is 0 Å². The normalized spacial score (nSPS) is 15.8. The number of ether oxygens (including phenoxy) is 1. The van der Waals surface area contributed by atoms with Gasteiger partial charge in [-0.1, -0.05) is 6.07 Å². The van der Waals surface area contributed by atoms with Gasteiger partial charge < -0.3 is 26.6 Å². The molecule has 1 aliphatic rings. The summed E-state index contributed by atoms with van der Waals surface area (Å²) < 4.78 is 7.16. The van der Waals surface area contributed by atoms with Gasteiger partial charge in [0, 0.05) is 18.8 Å². The quantitative estimate of drug-likeness (QED) is 0.345. The highest BCUT2D eigenvalue weighted by Crippen LogP contribution is 2.30. The van der Waals surface area contributed by atoms with E-state index in [0.717, 1.165) is 11.9 Å². The summed E-state index contributed by atoms with van der Waals surface area (Å²) in [5.74, 6) is 0.997. The third-order valence-electron chi connectivity index (χ3n) is 3.90. The zero-order valence-electron chi connectivity index (χ0n) is 14.9. The molecular formula is C18H23N7O2. The Hall–Kier alpha value is -3.17. The first-order chi connectivity index (χ1) is 13.1. The van der Waals surface area contributed by atoms with E-state index in [0.29, 0.717) is 41.8 Å². The number of hydrogen-bond acceptors (Lipinski definition) is 8. The van der Waals surface area contributed by atoms with Crippen LogP contribution in [0.15, 0.2) is 53.0 Å². The van der Waals surface area contributed by atoms with Crippen LogP contribution >= 0.6 is 0 Å². The summed E-state index contributed by atoms with van der Waals surface area (Å²) in [5, 5.41) is 24.9. The van der Waals surface area contributed by atoms with Crippen molar-refractivity contribution in [3.05, 3.63) is 48.0 Å². The number of aromatic nitrogens is 2. The Morgan fingerprint density at radius 3 is 2.96 bits per heavy atom. The topological polar surface area (TPSA) is 147 Å². The zero-order valence-corrected chi connectivity index (χ0v) is 14.9. The Labute approximate surface area is 156 Å². The minimum absolute atomic E-state index is 0.115. The third kappa shape index (κ3) is 4.15. The van der Waals surface area contributed by atoms with Gasteiger partial charge in [0.15, 0.2) is 5.82 Å². The molecule has 0 saturated carbocycles. The van der Waals surface area contributed by atoms with Crippen molar-refractivity contribution in [2.45, 2.75) is 6.42 Å². The summed E-state index contributed by atoms with van der Waals surface area (Å²) in [6, 6.07) is 5.69. The van der Waals surface area contributed by atoms with E-state index < -0.39 is 0 Å². The number of nitrogens with zero attached hydrogens (tertiary/aromatic N) is 3. The van der Waals surface area contributed by atoms with Gasteiger partial charge in [0.05, 0.1) is 29.2 Å². The lowest BCUT2D eigenvalue weighted by molar-refractivity contribution is 0.149. The van der Waals surface area contributed by atoms with E-state index in [4.69, 9.17) is 26.7 Å². The molecule has 0 aromatic carbocycles. The lowest BCUT2D eigenvalue weighted by Gasteiger charge is -2.15. The number of rotatable bonds is 8. The summed E-state index contributed by atoms with van der Waals surface area (Å²) in [6.07, 6.45) is 5.73. The van der Waals surface area contributed by atoms with E-state index in [2.05, 4.69) is 15.4 Å². The number of hydrogen-bond donors (Lipinski definition) is 5. The van der Waals surface area contributed by atoms with Crippen LogP contribution < -0.4 is 16.8 Å². The molecule has 0 bridgehead atoms. The Kier molecular flexibility index (Phi) is 5.84. The highest BCUT2D eigenvalue weighted by atomic mass is 16.5. The van der Waals surface area contributed by atoms with E-state index in [1.165, 1.54) is 6.08 Å². The molecule has 9 heteroatoms. The molecule has 0 fully saturated rings. The van der Waals surface area contributed by atoms with Crippen molar-refractivity contribution in [3.8, 4) is 0 Å². The van der Waals surface area contributed by atoms with Crippen LogP contribution in [0.1, 0.15) is 6.42 Å². The first kappa shape index (κ1) is 18.6. The van der Waals surface area contributed by atoms with Crippen LogP contribution in [-0.2, 0) is 4.74 Å². The monoisotopic (exact) mass is 369 g/mol. The summed E-state index contributed by atoms with van der Waals surface area (Å²) in [7, 11) is 0. The van der Waals surface area contributed by atoms with Crippen LogP contribution in [0.2, 0.25) is 0 Å². The lowest BCUT2D eigenvalue weighted by atomic mass is 10.1. The molecule has 0 unspecified atom stereocenters. The third-order valence-corrected chi connectivity index (χ3v) is 3.90. The van der Waals surface area contributed by atoms with Gasteiger partial charge in [-0.25, -0.2) is 9.51 Å². The maximum Gasteiger partial charge on any atom is 0.175 e. The highest BCUT2D eigenvalue weighted by molar-refractivity contribution is 6.50. The van der Waals surface area contributed by atoms with Gasteiger partial charge >= 0.3 is 0 Å². The summed E-state index contributed by atoms with van der Waals surface area (Å²) in [6.45, 7) is 1.23. The zero-order chi connectivity index (χ0) is 19.2. The number of aliphatic hydroxyl groups is 1.